The second-order valence-corrected chi connectivity index (χ2v) is 8.12. The molecule has 6 heteroatoms. The molecule has 0 aliphatic carbocycles. The Labute approximate surface area is 176 Å². The number of piperidine rings is 2. The van der Waals surface area contributed by atoms with Crippen molar-refractivity contribution in [3.05, 3.63) is 65.2 Å². The lowest BCUT2D eigenvalue weighted by Gasteiger charge is -2.51. The summed E-state index contributed by atoms with van der Waals surface area (Å²) in [6.07, 6.45) is 3.06. The van der Waals surface area contributed by atoms with Crippen LogP contribution >= 0.6 is 0 Å². The van der Waals surface area contributed by atoms with Crippen molar-refractivity contribution in [3.63, 3.8) is 0 Å². The Balaban J connectivity index is 1.55. The molecule has 2 unspecified atom stereocenters. The van der Waals surface area contributed by atoms with E-state index in [1.165, 1.54) is 7.11 Å². The number of methoxy groups -OCH3 is 1. The van der Waals surface area contributed by atoms with Gasteiger partial charge >= 0.3 is 6.09 Å². The number of carbonyl (C=O) groups is 1. The summed E-state index contributed by atoms with van der Waals surface area (Å²) in [5.41, 5.74) is 0.713. The van der Waals surface area contributed by atoms with Crippen LogP contribution in [0.1, 0.15) is 48.8 Å². The number of nitriles is 1. The molecule has 0 spiro atoms. The minimum absolute atomic E-state index is 0.122. The van der Waals surface area contributed by atoms with E-state index in [1.54, 1.807) is 18.2 Å². The molecule has 2 heterocycles. The minimum atomic E-state index is -1.18. The van der Waals surface area contributed by atoms with E-state index >= 15 is 0 Å². The van der Waals surface area contributed by atoms with E-state index < -0.39 is 5.60 Å². The lowest BCUT2D eigenvalue weighted by atomic mass is 9.71. The van der Waals surface area contributed by atoms with Gasteiger partial charge in [-0.2, -0.15) is 5.26 Å². The third kappa shape index (κ3) is 3.73. The third-order valence-electron chi connectivity index (χ3n) is 6.28. The zero-order valence-corrected chi connectivity index (χ0v) is 17.1. The van der Waals surface area contributed by atoms with Crippen LogP contribution in [0, 0.1) is 11.3 Å². The standard InChI is InChI=1S/C24H26N2O4/c1-29-22-12-6-11-21(20(22)15-25)24(28)13-18-9-5-10-19(14-24)26(18)23(27)30-16-17-7-3-2-4-8-17/h2-4,6-8,11-12,18-19,28H,5,9-10,13-14,16H2,1H3. The van der Waals surface area contributed by atoms with Crippen LogP contribution in [0.4, 0.5) is 4.79 Å². The van der Waals surface area contributed by atoms with Gasteiger partial charge in [-0.3, -0.25) is 0 Å². The average Bonchev–Trinajstić information content (AvgIpc) is 2.77. The molecular weight excluding hydrogens is 380 g/mol. The summed E-state index contributed by atoms with van der Waals surface area (Å²) in [5.74, 6) is 0.457. The van der Waals surface area contributed by atoms with Crippen molar-refractivity contribution in [3.8, 4) is 11.8 Å². The van der Waals surface area contributed by atoms with Crippen molar-refractivity contribution in [2.24, 2.45) is 0 Å². The predicted molar refractivity (Wildman–Crippen MR) is 111 cm³/mol. The highest BCUT2D eigenvalue weighted by molar-refractivity contribution is 5.69. The SMILES string of the molecule is COc1cccc(C2(O)CC3CCCC(C2)N3C(=O)OCc2ccccc2)c1C#N. The lowest BCUT2D eigenvalue weighted by molar-refractivity contribution is -0.0898. The van der Waals surface area contributed by atoms with Crippen molar-refractivity contribution < 1.29 is 19.4 Å². The van der Waals surface area contributed by atoms with Crippen LogP contribution in [0.3, 0.4) is 0 Å². The van der Waals surface area contributed by atoms with E-state index in [4.69, 9.17) is 9.47 Å². The van der Waals surface area contributed by atoms with Gasteiger partial charge in [-0.1, -0.05) is 42.5 Å². The average molecular weight is 406 g/mol. The van der Waals surface area contributed by atoms with Gasteiger partial charge in [0.05, 0.1) is 12.7 Å². The van der Waals surface area contributed by atoms with Gasteiger partial charge in [0.15, 0.2) is 0 Å². The van der Waals surface area contributed by atoms with E-state index in [0.29, 0.717) is 29.7 Å². The Morgan fingerprint density at radius 2 is 1.87 bits per heavy atom. The molecule has 2 aromatic rings. The van der Waals surface area contributed by atoms with Gasteiger partial charge in [0.2, 0.25) is 0 Å². The van der Waals surface area contributed by atoms with Crippen molar-refractivity contribution >= 4 is 6.09 Å². The van der Waals surface area contributed by atoms with Crippen LogP contribution in [-0.4, -0.2) is 35.3 Å². The summed E-state index contributed by atoms with van der Waals surface area (Å²) in [5, 5.41) is 21.3. The van der Waals surface area contributed by atoms with Crippen LogP contribution in [-0.2, 0) is 16.9 Å². The number of benzene rings is 2. The molecule has 2 aromatic carbocycles. The number of nitrogens with zero attached hydrogens (tertiary/aromatic N) is 2. The number of hydrogen-bond acceptors (Lipinski definition) is 5. The normalized spacial score (nSPS) is 25.3. The van der Waals surface area contributed by atoms with Gasteiger partial charge in [0.25, 0.3) is 0 Å². The maximum absolute atomic E-state index is 12.9. The fourth-order valence-electron chi connectivity index (χ4n) is 4.95. The minimum Gasteiger partial charge on any atom is -0.495 e. The molecule has 30 heavy (non-hydrogen) atoms. The van der Waals surface area contributed by atoms with Crippen molar-refractivity contribution in [1.82, 2.24) is 4.90 Å². The zero-order chi connectivity index (χ0) is 21.1. The second-order valence-electron chi connectivity index (χ2n) is 8.12. The summed E-state index contributed by atoms with van der Waals surface area (Å²) < 4.78 is 10.9. The van der Waals surface area contributed by atoms with E-state index in [9.17, 15) is 15.2 Å². The van der Waals surface area contributed by atoms with Crippen LogP contribution in [0.25, 0.3) is 0 Å². The van der Waals surface area contributed by atoms with Gasteiger partial charge in [0, 0.05) is 30.5 Å². The number of carbonyl (C=O) groups excluding carboxylic acids is 1. The van der Waals surface area contributed by atoms with Crippen molar-refractivity contribution in [1.29, 1.82) is 5.26 Å². The molecule has 1 N–H and O–H groups in total. The first-order valence-electron chi connectivity index (χ1n) is 10.3. The van der Waals surface area contributed by atoms with Crippen LogP contribution in [0.15, 0.2) is 48.5 Å². The Morgan fingerprint density at radius 1 is 1.17 bits per heavy atom. The number of amides is 1. The summed E-state index contributed by atoms with van der Waals surface area (Å²) in [6.45, 7) is 0.231. The Bertz CT molecular complexity index is 939. The molecule has 2 atom stereocenters. The quantitative estimate of drug-likeness (QED) is 0.826. The van der Waals surface area contributed by atoms with Gasteiger partial charge in [-0.25, -0.2) is 4.79 Å². The van der Waals surface area contributed by atoms with Crippen molar-refractivity contribution in [2.45, 2.75) is 56.4 Å². The molecule has 1 amide bonds. The summed E-state index contributed by atoms with van der Waals surface area (Å²) in [7, 11) is 1.52. The molecule has 2 fully saturated rings. The maximum Gasteiger partial charge on any atom is 0.410 e. The fourth-order valence-corrected chi connectivity index (χ4v) is 4.95. The first-order chi connectivity index (χ1) is 14.6. The van der Waals surface area contributed by atoms with E-state index in [0.717, 1.165) is 24.8 Å². The molecule has 0 saturated carbocycles. The first kappa shape index (κ1) is 20.2. The Hall–Kier alpha value is -3.04. The zero-order valence-electron chi connectivity index (χ0n) is 17.1. The molecule has 156 valence electrons. The molecule has 2 saturated heterocycles. The lowest BCUT2D eigenvalue weighted by Crippen LogP contribution is -2.59. The van der Waals surface area contributed by atoms with Crippen molar-refractivity contribution in [2.75, 3.05) is 7.11 Å². The number of hydrogen-bond donors (Lipinski definition) is 1. The summed E-state index contributed by atoms with van der Waals surface area (Å²) in [4.78, 5) is 14.7. The molecular formula is C24H26N2O4. The van der Waals surface area contributed by atoms with E-state index in [1.807, 2.05) is 35.2 Å². The van der Waals surface area contributed by atoms with E-state index in [-0.39, 0.29) is 24.8 Å². The van der Waals surface area contributed by atoms with E-state index in [2.05, 4.69) is 6.07 Å². The largest absolute Gasteiger partial charge is 0.495 e. The Morgan fingerprint density at radius 3 is 2.50 bits per heavy atom. The molecule has 2 aliphatic rings. The smallest absolute Gasteiger partial charge is 0.410 e. The number of rotatable bonds is 4. The predicted octanol–water partition coefficient (Wildman–Crippen LogP) is 4.11. The molecule has 0 aromatic heterocycles. The summed E-state index contributed by atoms with van der Waals surface area (Å²) in [6, 6.07) is 16.9. The third-order valence-corrected chi connectivity index (χ3v) is 6.28. The molecule has 6 nitrogen and oxygen atoms in total. The maximum atomic E-state index is 12.9. The topological polar surface area (TPSA) is 82.8 Å². The summed E-state index contributed by atoms with van der Waals surface area (Å²) >= 11 is 0. The highest BCUT2D eigenvalue weighted by Crippen LogP contribution is 2.46. The highest BCUT2D eigenvalue weighted by Gasteiger charge is 2.49. The fraction of sp³-hybridized carbons (Fsp3) is 0.417. The van der Waals surface area contributed by atoms with Gasteiger partial charge in [-0.05, 0) is 30.9 Å². The molecule has 2 bridgehead atoms. The van der Waals surface area contributed by atoms with Gasteiger partial charge in [0.1, 0.15) is 24.0 Å². The monoisotopic (exact) mass is 406 g/mol. The van der Waals surface area contributed by atoms with Crippen LogP contribution < -0.4 is 4.74 Å². The second kappa shape index (κ2) is 8.37. The van der Waals surface area contributed by atoms with Crippen LogP contribution in [0.2, 0.25) is 0 Å². The molecule has 0 radical (unpaired) electrons. The molecule has 4 rings (SSSR count). The number of fused-ring (bicyclic) bond motifs is 2. The number of ether oxygens (including phenoxy) is 2. The van der Waals surface area contributed by atoms with Crippen LogP contribution in [0.5, 0.6) is 5.75 Å². The number of aliphatic hydroxyl groups is 1. The molecule has 2 aliphatic heterocycles. The highest BCUT2D eigenvalue weighted by atomic mass is 16.6. The first-order valence-corrected chi connectivity index (χ1v) is 10.3. The Kier molecular flexibility index (Phi) is 5.65. The van der Waals surface area contributed by atoms with Gasteiger partial charge < -0.3 is 19.5 Å². The van der Waals surface area contributed by atoms with Gasteiger partial charge in [-0.15, -0.1) is 0 Å².